The number of carbonyl (C=O) groups is 1. The first-order valence-electron chi connectivity index (χ1n) is 8.28. The van der Waals surface area contributed by atoms with E-state index in [1.165, 1.54) is 6.07 Å². The molecule has 1 aliphatic rings. The van der Waals surface area contributed by atoms with Crippen molar-refractivity contribution >= 4 is 16.8 Å². The van der Waals surface area contributed by atoms with Crippen molar-refractivity contribution in [3.63, 3.8) is 0 Å². The van der Waals surface area contributed by atoms with E-state index in [9.17, 15) is 9.18 Å². The lowest BCUT2D eigenvalue weighted by atomic mass is 10.0. The molecule has 1 aromatic carbocycles. The average Bonchev–Trinajstić information content (AvgIpc) is 3.25. The number of nitrogens with zero attached hydrogens (tertiary/aromatic N) is 3. The molecule has 1 atom stereocenters. The fraction of sp³-hybridized carbons (Fsp3) is 0.333. The van der Waals surface area contributed by atoms with Gasteiger partial charge in [-0.1, -0.05) is 6.07 Å². The maximum absolute atomic E-state index is 13.9. The number of amides is 1. The quantitative estimate of drug-likeness (QED) is 0.803. The summed E-state index contributed by atoms with van der Waals surface area (Å²) in [5, 5.41) is 4.70. The lowest BCUT2D eigenvalue weighted by Gasteiger charge is -2.35. The van der Waals surface area contributed by atoms with E-state index in [0.717, 1.165) is 25.8 Å². The Morgan fingerprint density at radius 2 is 2.25 bits per heavy atom. The van der Waals surface area contributed by atoms with Crippen LogP contribution in [-0.4, -0.2) is 38.2 Å². The predicted octanol–water partition coefficient (Wildman–Crippen LogP) is 3.20. The van der Waals surface area contributed by atoms with Gasteiger partial charge < -0.3 is 9.88 Å². The third kappa shape index (κ3) is 2.68. The predicted molar refractivity (Wildman–Crippen MR) is 89.2 cm³/mol. The summed E-state index contributed by atoms with van der Waals surface area (Å²) in [6.45, 7) is 1.41. The number of hydrogen-bond donors (Lipinski definition) is 1. The van der Waals surface area contributed by atoms with Crippen LogP contribution >= 0.6 is 0 Å². The van der Waals surface area contributed by atoms with E-state index in [1.54, 1.807) is 24.4 Å². The van der Waals surface area contributed by atoms with Gasteiger partial charge in [0, 0.05) is 29.8 Å². The van der Waals surface area contributed by atoms with Gasteiger partial charge in [-0.3, -0.25) is 9.48 Å². The number of piperidine rings is 1. The lowest BCUT2D eigenvalue weighted by molar-refractivity contribution is 0.0579. The van der Waals surface area contributed by atoms with Crippen LogP contribution in [0.15, 0.2) is 42.7 Å². The van der Waals surface area contributed by atoms with Crippen molar-refractivity contribution < 1.29 is 9.18 Å². The first kappa shape index (κ1) is 14.9. The number of aromatic amines is 1. The second-order valence-corrected chi connectivity index (χ2v) is 6.26. The minimum atomic E-state index is -0.311. The molecule has 1 fully saturated rings. The third-order valence-corrected chi connectivity index (χ3v) is 4.69. The van der Waals surface area contributed by atoms with Crippen LogP contribution in [0, 0.1) is 5.82 Å². The fourth-order valence-electron chi connectivity index (χ4n) is 3.47. The van der Waals surface area contributed by atoms with E-state index in [-0.39, 0.29) is 17.8 Å². The Morgan fingerprint density at radius 1 is 1.33 bits per heavy atom. The van der Waals surface area contributed by atoms with E-state index >= 15 is 0 Å². The lowest BCUT2D eigenvalue weighted by Crippen LogP contribution is -2.46. The number of aromatic nitrogens is 3. The Labute approximate surface area is 139 Å². The van der Waals surface area contributed by atoms with Crippen LogP contribution in [-0.2, 0) is 6.54 Å². The molecule has 5 nitrogen and oxygen atoms in total. The number of benzene rings is 1. The molecule has 0 aliphatic carbocycles. The van der Waals surface area contributed by atoms with Crippen LogP contribution < -0.4 is 0 Å². The van der Waals surface area contributed by atoms with Crippen LogP contribution in [0.25, 0.3) is 10.9 Å². The van der Waals surface area contributed by atoms with Gasteiger partial charge in [-0.25, -0.2) is 4.39 Å². The first-order valence-corrected chi connectivity index (χ1v) is 8.28. The van der Waals surface area contributed by atoms with E-state index in [2.05, 4.69) is 10.1 Å². The highest BCUT2D eigenvalue weighted by molar-refractivity contribution is 5.98. The molecule has 0 bridgehead atoms. The van der Waals surface area contributed by atoms with Gasteiger partial charge in [-0.05, 0) is 43.5 Å². The van der Waals surface area contributed by atoms with Crippen molar-refractivity contribution in [3.05, 3.63) is 54.2 Å². The van der Waals surface area contributed by atoms with E-state index in [1.807, 2.05) is 21.8 Å². The van der Waals surface area contributed by atoms with E-state index in [0.29, 0.717) is 23.1 Å². The van der Waals surface area contributed by atoms with Gasteiger partial charge in [-0.2, -0.15) is 5.10 Å². The molecule has 3 aromatic rings. The van der Waals surface area contributed by atoms with Crippen molar-refractivity contribution in [1.29, 1.82) is 0 Å². The number of likely N-dealkylation sites (tertiary alicyclic amines) is 1. The highest BCUT2D eigenvalue weighted by Gasteiger charge is 2.29. The van der Waals surface area contributed by atoms with Gasteiger partial charge in [0.15, 0.2) is 0 Å². The molecule has 124 valence electrons. The molecule has 1 amide bonds. The molecule has 0 saturated carbocycles. The van der Waals surface area contributed by atoms with Crippen molar-refractivity contribution in [1.82, 2.24) is 19.7 Å². The zero-order valence-electron chi connectivity index (χ0n) is 13.3. The second kappa shape index (κ2) is 6.11. The van der Waals surface area contributed by atoms with Gasteiger partial charge >= 0.3 is 0 Å². The SMILES string of the molecule is O=C(c1cc2c(F)cccc2[nH]1)N1CCCC[C@H]1Cn1cccn1. The Morgan fingerprint density at radius 3 is 3.04 bits per heavy atom. The number of rotatable bonds is 3. The van der Waals surface area contributed by atoms with Crippen molar-refractivity contribution in [2.24, 2.45) is 0 Å². The van der Waals surface area contributed by atoms with Crippen molar-refractivity contribution in [3.8, 4) is 0 Å². The molecule has 0 radical (unpaired) electrons. The maximum atomic E-state index is 13.9. The summed E-state index contributed by atoms with van der Waals surface area (Å²) in [6.07, 6.45) is 6.72. The van der Waals surface area contributed by atoms with Crippen LogP contribution in [0.2, 0.25) is 0 Å². The van der Waals surface area contributed by atoms with Crippen LogP contribution in [0.5, 0.6) is 0 Å². The highest BCUT2D eigenvalue weighted by Crippen LogP contribution is 2.24. The number of nitrogens with one attached hydrogen (secondary N) is 1. The minimum absolute atomic E-state index is 0.0672. The third-order valence-electron chi connectivity index (χ3n) is 4.69. The van der Waals surface area contributed by atoms with Gasteiger partial charge in [-0.15, -0.1) is 0 Å². The fourth-order valence-corrected chi connectivity index (χ4v) is 3.47. The molecule has 1 saturated heterocycles. The smallest absolute Gasteiger partial charge is 0.270 e. The topological polar surface area (TPSA) is 53.9 Å². The molecule has 0 unspecified atom stereocenters. The highest BCUT2D eigenvalue weighted by atomic mass is 19.1. The van der Waals surface area contributed by atoms with Gasteiger partial charge in [0.05, 0.1) is 12.6 Å². The summed E-state index contributed by atoms with van der Waals surface area (Å²) in [5.41, 5.74) is 1.10. The summed E-state index contributed by atoms with van der Waals surface area (Å²) in [4.78, 5) is 17.9. The molecule has 1 N–H and O–H groups in total. The number of fused-ring (bicyclic) bond motifs is 1. The Bertz CT molecular complexity index is 855. The molecule has 6 heteroatoms. The maximum Gasteiger partial charge on any atom is 0.270 e. The monoisotopic (exact) mass is 326 g/mol. The number of H-pyrrole nitrogens is 1. The molecular formula is C18H19FN4O. The molecule has 2 aromatic heterocycles. The normalized spacial score (nSPS) is 18.2. The number of hydrogen-bond acceptors (Lipinski definition) is 2. The zero-order valence-corrected chi connectivity index (χ0v) is 13.3. The van der Waals surface area contributed by atoms with Crippen LogP contribution in [0.1, 0.15) is 29.8 Å². The minimum Gasteiger partial charge on any atom is -0.350 e. The molecule has 4 rings (SSSR count). The molecule has 24 heavy (non-hydrogen) atoms. The average molecular weight is 326 g/mol. The molecule has 0 spiro atoms. The Kier molecular flexibility index (Phi) is 3.80. The van der Waals surface area contributed by atoms with Crippen LogP contribution in [0.4, 0.5) is 4.39 Å². The standard InChI is InChI=1S/C18H19FN4O/c19-15-6-3-7-16-14(15)11-17(21-16)18(24)23-10-2-1-5-13(23)12-22-9-4-8-20-22/h3-4,6-9,11,13,21H,1-2,5,10,12H2/t13-/m0/s1. The molecular weight excluding hydrogens is 307 g/mol. The number of carbonyl (C=O) groups excluding carboxylic acids is 1. The second-order valence-electron chi connectivity index (χ2n) is 6.26. The Hall–Kier alpha value is -2.63. The summed E-state index contributed by atoms with van der Waals surface area (Å²) in [5.74, 6) is -0.378. The summed E-state index contributed by atoms with van der Waals surface area (Å²) in [6, 6.07) is 8.45. The van der Waals surface area contributed by atoms with E-state index in [4.69, 9.17) is 0 Å². The van der Waals surface area contributed by atoms with Gasteiger partial charge in [0.1, 0.15) is 11.5 Å². The van der Waals surface area contributed by atoms with Crippen molar-refractivity contribution in [2.45, 2.75) is 31.8 Å². The van der Waals surface area contributed by atoms with Crippen LogP contribution in [0.3, 0.4) is 0 Å². The zero-order chi connectivity index (χ0) is 16.5. The first-order chi connectivity index (χ1) is 11.7. The summed E-state index contributed by atoms with van der Waals surface area (Å²) < 4.78 is 15.7. The van der Waals surface area contributed by atoms with Crippen molar-refractivity contribution in [2.75, 3.05) is 6.54 Å². The molecule has 3 heterocycles. The van der Waals surface area contributed by atoms with E-state index < -0.39 is 0 Å². The van der Waals surface area contributed by atoms with Gasteiger partial charge in [0.25, 0.3) is 5.91 Å². The Balaban J connectivity index is 1.61. The summed E-state index contributed by atoms with van der Waals surface area (Å²) >= 11 is 0. The summed E-state index contributed by atoms with van der Waals surface area (Å²) in [7, 11) is 0. The molecule has 1 aliphatic heterocycles. The van der Waals surface area contributed by atoms with Gasteiger partial charge in [0.2, 0.25) is 0 Å². The number of halogens is 1. The largest absolute Gasteiger partial charge is 0.350 e.